The predicted octanol–water partition coefficient (Wildman–Crippen LogP) is 1.54. The van der Waals surface area contributed by atoms with Gasteiger partial charge in [0, 0.05) is 23.9 Å². The first kappa shape index (κ1) is 11.9. The fraction of sp³-hybridized carbons (Fsp3) is 0.538. The highest BCUT2D eigenvalue weighted by Gasteiger charge is 2.30. The lowest BCUT2D eigenvalue weighted by molar-refractivity contribution is 0.0927. The van der Waals surface area contributed by atoms with Crippen LogP contribution in [0.4, 0.5) is 0 Å². The molecule has 1 aromatic rings. The molecular weight excluding hydrogens is 216 g/mol. The largest absolute Gasteiger partial charge is 0.349 e. The molecule has 1 aliphatic rings. The molecule has 0 bridgehead atoms. The van der Waals surface area contributed by atoms with Crippen LogP contribution in [0.3, 0.4) is 0 Å². The molecule has 2 rings (SSSR count). The Morgan fingerprint density at radius 1 is 1.41 bits per heavy atom. The smallest absolute Gasteiger partial charge is 0.251 e. The molecule has 92 valence electrons. The van der Waals surface area contributed by atoms with E-state index in [0.29, 0.717) is 17.4 Å². The molecule has 0 aromatic carbocycles. The van der Waals surface area contributed by atoms with Crippen molar-refractivity contribution in [1.82, 2.24) is 10.3 Å². The van der Waals surface area contributed by atoms with Gasteiger partial charge in [-0.05, 0) is 30.7 Å². The van der Waals surface area contributed by atoms with Crippen LogP contribution in [0, 0.1) is 11.8 Å². The molecule has 0 saturated heterocycles. The summed E-state index contributed by atoms with van der Waals surface area (Å²) in [7, 11) is 0. The van der Waals surface area contributed by atoms with Crippen molar-refractivity contribution >= 4 is 5.91 Å². The fourth-order valence-corrected chi connectivity index (χ4v) is 2.41. The molecule has 2 N–H and O–H groups in total. The Morgan fingerprint density at radius 2 is 2.18 bits per heavy atom. The number of hydrogen-bond acceptors (Lipinski definition) is 2. The van der Waals surface area contributed by atoms with Crippen LogP contribution in [-0.4, -0.2) is 16.9 Å². The summed E-state index contributed by atoms with van der Waals surface area (Å²) >= 11 is 0. The van der Waals surface area contributed by atoms with Crippen molar-refractivity contribution in [3.63, 3.8) is 0 Å². The molecule has 17 heavy (non-hydrogen) atoms. The van der Waals surface area contributed by atoms with Crippen LogP contribution in [0.25, 0.3) is 0 Å². The van der Waals surface area contributed by atoms with Crippen LogP contribution < -0.4 is 10.9 Å². The van der Waals surface area contributed by atoms with Gasteiger partial charge in [-0.3, -0.25) is 9.59 Å². The number of carbonyl (C=O) groups is 1. The van der Waals surface area contributed by atoms with Gasteiger partial charge in [-0.25, -0.2) is 0 Å². The Labute approximate surface area is 100 Å². The van der Waals surface area contributed by atoms with Gasteiger partial charge < -0.3 is 10.3 Å². The molecular formula is C13H18N2O2. The first-order valence-electron chi connectivity index (χ1n) is 6.07. The summed E-state index contributed by atoms with van der Waals surface area (Å²) in [6.45, 7) is 4.38. The van der Waals surface area contributed by atoms with E-state index >= 15 is 0 Å². The van der Waals surface area contributed by atoms with Crippen molar-refractivity contribution in [2.75, 3.05) is 0 Å². The average Bonchev–Trinajstić information content (AvgIpc) is 2.61. The number of rotatable bonds is 2. The molecule has 0 radical (unpaired) electrons. The van der Waals surface area contributed by atoms with Gasteiger partial charge in [0.25, 0.3) is 5.91 Å². The quantitative estimate of drug-likeness (QED) is 0.815. The van der Waals surface area contributed by atoms with E-state index in [0.717, 1.165) is 12.8 Å². The van der Waals surface area contributed by atoms with Crippen molar-refractivity contribution in [2.24, 2.45) is 11.8 Å². The molecule has 0 aliphatic heterocycles. The lowest BCUT2D eigenvalue weighted by Crippen LogP contribution is -2.37. The number of amides is 1. The Kier molecular flexibility index (Phi) is 3.31. The Bertz CT molecular complexity index is 466. The topological polar surface area (TPSA) is 62.0 Å². The van der Waals surface area contributed by atoms with Gasteiger partial charge in [0.05, 0.1) is 0 Å². The second-order valence-electron chi connectivity index (χ2n) is 4.94. The third-order valence-electron chi connectivity index (χ3n) is 3.82. The van der Waals surface area contributed by atoms with Gasteiger partial charge in [-0.15, -0.1) is 0 Å². The third-order valence-corrected chi connectivity index (χ3v) is 3.82. The van der Waals surface area contributed by atoms with Gasteiger partial charge in [-0.1, -0.05) is 13.8 Å². The standard InChI is InChI=1S/C13H18N2O2/c1-8-3-4-11(9(8)2)15-13(17)10-5-6-14-12(16)7-10/h5-9,11H,3-4H2,1-2H3,(H,14,16)(H,15,17). The average molecular weight is 234 g/mol. The van der Waals surface area contributed by atoms with Gasteiger partial charge in [-0.2, -0.15) is 0 Å². The second-order valence-corrected chi connectivity index (χ2v) is 4.94. The maximum absolute atomic E-state index is 11.9. The molecule has 0 spiro atoms. The fourth-order valence-electron chi connectivity index (χ4n) is 2.41. The van der Waals surface area contributed by atoms with E-state index in [-0.39, 0.29) is 17.5 Å². The zero-order valence-corrected chi connectivity index (χ0v) is 10.2. The SMILES string of the molecule is CC1CCC(NC(=O)c2cc[nH]c(=O)c2)C1C. The number of aromatic nitrogens is 1. The van der Waals surface area contributed by atoms with Crippen molar-refractivity contribution in [1.29, 1.82) is 0 Å². The van der Waals surface area contributed by atoms with E-state index in [1.54, 1.807) is 6.07 Å². The summed E-state index contributed by atoms with van der Waals surface area (Å²) in [4.78, 5) is 25.6. The normalized spacial score (nSPS) is 28.0. The second kappa shape index (κ2) is 4.73. The van der Waals surface area contributed by atoms with Crippen molar-refractivity contribution in [3.05, 3.63) is 34.2 Å². The van der Waals surface area contributed by atoms with Crippen LogP contribution in [0.2, 0.25) is 0 Å². The van der Waals surface area contributed by atoms with Gasteiger partial charge in [0.2, 0.25) is 5.56 Å². The molecule has 3 unspecified atom stereocenters. The van der Waals surface area contributed by atoms with E-state index in [1.807, 2.05) is 0 Å². The van der Waals surface area contributed by atoms with Crippen molar-refractivity contribution in [2.45, 2.75) is 32.7 Å². The van der Waals surface area contributed by atoms with E-state index in [1.165, 1.54) is 12.3 Å². The highest BCUT2D eigenvalue weighted by molar-refractivity contribution is 5.94. The van der Waals surface area contributed by atoms with Crippen molar-refractivity contribution < 1.29 is 4.79 Å². The van der Waals surface area contributed by atoms with Gasteiger partial charge in [0.15, 0.2) is 0 Å². The highest BCUT2D eigenvalue weighted by atomic mass is 16.2. The maximum atomic E-state index is 11.9. The van der Waals surface area contributed by atoms with Crippen LogP contribution in [0.5, 0.6) is 0 Å². The zero-order valence-electron chi connectivity index (χ0n) is 10.2. The lowest BCUT2D eigenvalue weighted by Gasteiger charge is -2.19. The molecule has 1 aliphatic carbocycles. The number of H-pyrrole nitrogens is 1. The Hall–Kier alpha value is -1.58. The van der Waals surface area contributed by atoms with E-state index in [9.17, 15) is 9.59 Å². The molecule has 1 aromatic heterocycles. The van der Waals surface area contributed by atoms with Gasteiger partial charge in [0.1, 0.15) is 0 Å². The van der Waals surface area contributed by atoms with Gasteiger partial charge >= 0.3 is 0 Å². The number of carbonyl (C=O) groups excluding carboxylic acids is 1. The number of hydrogen-bond donors (Lipinski definition) is 2. The van der Waals surface area contributed by atoms with E-state index in [2.05, 4.69) is 24.1 Å². The molecule has 1 saturated carbocycles. The molecule has 4 nitrogen and oxygen atoms in total. The van der Waals surface area contributed by atoms with E-state index < -0.39 is 0 Å². The predicted molar refractivity (Wildman–Crippen MR) is 65.9 cm³/mol. The highest BCUT2D eigenvalue weighted by Crippen LogP contribution is 2.31. The number of aromatic amines is 1. The summed E-state index contributed by atoms with van der Waals surface area (Å²) in [5.74, 6) is 1.00. The zero-order chi connectivity index (χ0) is 12.4. The minimum Gasteiger partial charge on any atom is -0.349 e. The molecule has 3 atom stereocenters. The monoisotopic (exact) mass is 234 g/mol. The number of pyridine rings is 1. The first-order chi connectivity index (χ1) is 8.08. The summed E-state index contributed by atoms with van der Waals surface area (Å²) in [5.41, 5.74) is 0.186. The minimum absolute atomic E-state index is 0.151. The minimum atomic E-state index is -0.245. The molecule has 1 fully saturated rings. The summed E-state index contributed by atoms with van der Waals surface area (Å²) in [6, 6.07) is 3.19. The third kappa shape index (κ3) is 2.57. The summed E-state index contributed by atoms with van der Waals surface area (Å²) < 4.78 is 0. The lowest BCUT2D eigenvalue weighted by atomic mass is 9.97. The van der Waals surface area contributed by atoms with Crippen LogP contribution >= 0.6 is 0 Å². The van der Waals surface area contributed by atoms with Crippen LogP contribution in [-0.2, 0) is 0 Å². The van der Waals surface area contributed by atoms with Crippen LogP contribution in [0.1, 0.15) is 37.0 Å². The molecule has 4 heteroatoms. The Balaban J connectivity index is 2.05. The van der Waals surface area contributed by atoms with Crippen molar-refractivity contribution in [3.8, 4) is 0 Å². The molecule has 1 heterocycles. The first-order valence-corrected chi connectivity index (χ1v) is 6.07. The Morgan fingerprint density at radius 3 is 2.76 bits per heavy atom. The van der Waals surface area contributed by atoms with E-state index in [4.69, 9.17) is 0 Å². The maximum Gasteiger partial charge on any atom is 0.251 e. The number of nitrogens with one attached hydrogen (secondary N) is 2. The molecule has 1 amide bonds. The summed E-state index contributed by atoms with van der Waals surface area (Å²) in [6.07, 6.45) is 3.68. The van der Waals surface area contributed by atoms with Crippen LogP contribution in [0.15, 0.2) is 23.1 Å². The summed E-state index contributed by atoms with van der Waals surface area (Å²) in [5, 5.41) is 3.01.